The number of nitrogen functional groups attached to an aromatic ring is 1. The maximum absolute atomic E-state index is 11.5. The minimum Gasteiger partial charge on any atom is -0.399 e. The number of thiol groups is 1. The van der Waals surface area contributed by atoms with E-state index in [2.05, 4.69) is 12.6 Å². The van der Waals surface area contributed by atoms with Gasteiger partial charge in [-0.2, -0.15) is 12.6 Å². The van der Waals surface area contributed by atoms with Crippen LogP contribution in [0.15, 0.2) is 23.1 Å². The molecule has 0 bridgehead atoms. The number of hydrogen-bond acceptors (Lipinski definition) is 5. The van der Waals surface area contributed by atoms with Crippen molar-refractivity contribution >= 4 is 18.3 Å². The Kier molecular flexibility index (Phi) is 4.67. The molecule has 0 unspecified atom stereocenters. The number of nitrogens with zero attached hydrogens (tertiary/aromatic N) is 1. The molecule has 0 spiro atoms. The van der Waals surface area contributed by atoms with Crippen molar-refractivity contribution in [1.29, 1.82) is 0 Å². The van der Waals surface area contributed by atoms with E-state index in [1.54, 1.807) is 12.3 Å². The van der Waals surface area contributed by atoms with E-state index in [1.807, 2.05) is 0 Å². The second-order valence-electron chi connectivity index (χ2n) is 2.94. The molecule has 84 valence electrons. The molecule has 0 saturated heterocycles. The van der Waals surface area contributed by atoms with Gasteiger partial charge < -0.3 is 15.6 Å². The van der Waals surface area contributed by atoms with Gasteiger partial charge in [0.2, 0.25) is 0 Å². The van der Waals surface area contributed by atoms with Gasteiger partial charge in [0.15, 0.2) is 0 Å². The van der Waals surface area contributed by atoms with Gasteiger partial charge in [-0.3, -0.25) is 9.36 Å². The largest absolute Gasteiger partial charge is 0.399 e. The number of pyridine rings is 1. The number of anilines is 1. The van der Waals surface area contributed by atoms with Crippen molar-refractivity contribution in [2.45, 2.75) is 6.23 Å². The Morgan fingerprint density at radius 2 is 2.40 bits per heavy atom. The molecule has 0 aliphatic carbocycles. The van der Waals surface area contributed by atoms with Crippen LogP contribution in [0.25, 0.3) is 0 Å². The molecule has 6 heteroatoms. The Hall–Kier alpha value is -0.980. The molecule has 0 amide bonds. The van der Waals surface area contributed by atoms with E-state index in [4.69, 9.17) is 15.6 Å². The number of aliphatic hydroxyl groups is 1. The quantitative estimate of drug-likeness (QED) is 0.616. The number of aliphatic hydroxyl groups excluding tert-OH is 1. The normalized spacial score (nSPS) is 12.7. The monoisotopic (exact) mass is 230 g/mol. The number of rotatable bonds is 5. The third-order valence-corrected chi connectivity index (χ3v) is 2.15. The van der Waals surface area contributed by atoms with Crippen molar-refractivity contribution in [3.63, 3.8) is 0 Å². The van der Waals surface area contributed by atoms with E-state index >= 15 is 0 Å². The molecule has 0 aliphatic rings. The van der Waals surface area contributed by atoms with Gasteiger partial charge in [0.05, 0.1) is 13.2 Å². The molecule has 1 rings (SSSR count). The van der Waals surface area contributed by atoms with Crippen molar-refractivity contribution in [1.82, 2.24) is 4.57 Å². The zero-order valence-electron chi connectivity index (χ0n) is 8.17. The van der Waals surface area contributed by atoms with Crippen LogP contribution in [0.1, 0.15) is 6.23 Å². The van der Waals surface area contributed by atoms with Gasteiger partial charge in [-0.1, -0.05) is 0 Å². The lowest BCUT2D eigenvalue weighted by atomic mass is 10.4. The molecular formula is C9H14N2O3S. The molecule has 1 aromatic heterocycles. The summed E-state index contributed by atoms with van der Waals surface area (Å²) in [6.07, 6.45) is 1.07. The third kappa shape index (κ3) is 3.26. The van der Waals surface area contributed by atoms with Crippen LogP contribution in [0.2, 0.25) is 0 Å². The minimum absolute atomic E-state index is 0.0893. The maximum Gasteiger partial charge on any atom is 0.254 e. The van der Waals surface area contributed by atoms with E-state index in [9.17, 15) is 4.79 Å². The van der Waals surface area contributed by atoms with Crippen LogP contribution in [0.5, 0.6) is 0 Å². The fraction of sp³-hybridized carbons (Fsp3) is 0.444. The highest BCUT2D eigenvalue weighted by Gasteiger charge is 2.10. The highest BCUT2D eigenvalue weighted by Crippen LogP contribution is 2.08. The molecule has 5 nitrogen and oxygen atoms in total. The predicted molar refractivity (Wildman–Crippen MR) is 61.0 cm³/mol. The third-order valence-electron chi connectivity index (χ3n) is 1.84. The lowest BCUT2D eigenvalue weighted by Gasteiger charge is -2.17. The van der Waals surface area contributed by atoms with Crippen molar-refractivity contribution in [3.05, 3.63) is 28.7 Å². The Balaban J connectivity index is 2.87. The summed E-state index contributed by atoms with van der Waals surface area (Å²) in [5, 5.41) is 8.61. The molecule has 1 atom stereocenters. The molecule has 0 aliphatic heterocycles. The van der Waals surface area contributed by atoms with Gasteiger partial charge in [-0.25, -0.2) is 0 Å². The first-order valence-electron chi connectivity index (χ1n) is 4.50. The van der Waals surface area contributed by atoms with E-state index < -0.39 is 6.23 Å². The Morgan fingerprint density at radius 3 is 2.93 bits per heavy atom. The molecule has 0 fully saturated rings. The summed E-state index contributed by atoms with van der Waals surface area (Å²) >= 11 is 4.08. The van der Waals surface area contributed by atoms with Gasteiger partial charge in [-0.15, -0.1) is 0 Å². The summed E-state index contributed by atoms with van der Waals surface area (Å²) in [6.45, 7) is 0.0794. The second kappa shape index (κ2) is 5.79. The van der Waals surface area contributed by atoms with E-state index in [0.29, 0.717) is 11.4 Å². The van der Waals surface area contributed by atoms with Gasteiger partial charge in [-0.05, 0) is 6.07 Å². The van der Waals surface area contributed by atoms with E-state index in [1.165, 1.54) is 10.6 Å². The predicted octanol–water partition coefficient (Wildman–Crippen LogP) is -0.132. The SMILES string of the molecule is Nc1ccn([C@H](CS)OCCO)c(=O)c1. The molecule has 3 N–H and O–H groups in total. The van der Waals surface area contributed by atoms with Gasteiger partial charge >= 0.3 is 0 Å². The minimum atomic E-state index is -0.478. The lowest BCUT2D eigenvalue weighted by Crippen LogP contribution is -2.27. The van der Waals surface area contributed by atoms with Crippen molar-refractivity contribution in [2.75, 3.05) is 24.7 Å². The van der Waals surface area contributed by atoms with E-state index in [0.717, 1.165) is 0 Å². The smallest absolute Gasteiger partial charge is 0.254 e. The number of hydrogen-bond donors (Lipinski definition) is 3. The first kappa shape index (κ1) is 12.1. The summed E-state index contributed by atoms with van der Waals surface area (Å²) in [7, 11) is 0. The summed E-state index contributed by atoms with van der Waals surface area (Å²) in [6, 6.07) is 2.93. The van der Waals surface area contributed by atoms with Crippen LogP contribution < -0.4 is 11.3 Å². The van der Waals surface area contributed by atoms with Crippen molar-refractivity contribution in [3.8, 4) is 0 Å². The first-order valence-corrected chi connectivity index (χ1v) is 5.13. The highest BCUT2D eigenvalue weighted by molar-refractivity contribution is 7.80. The van der Waals surface area contributed by atoms with Gasteiger partial charge in [0.25, 0.3) is 5.56 Å². The Labute approximate surface area is 92.9 Å². The number of aromatic nitrogens is 1. The molecule has 1 heterocycles. The molecular weight excluding hydrogens is 216 g/mol. The van der Waals surface area contributed by atoms with Gasteiger partial charge in [0.1, 0.15) is 6.23 Å². The fourth-order valence-corrected chi connectivity index (χ4v) is 1.43. The summed E-state index contributed by atoms with van der Waals surface area (Å²) in [5.41, 5.74) is 5.63. The Bertz CT molecular complexity index is 367. The summed E-state index contributed by atoms with van der Waals surface area (Å²) < 4.78 is 6.63. The average Bonchev–Trinajstić information content (AvgIpc) is 2.21. The van der Waals surface area contributed by atoms with Gasteiger partial charge in [0, 0.05) is 23.7 Å². The summed E-state index contributed by atoms with van der Waals surface area (Å²) in [5.74, 6) is 0.351. The average molecular weight is 230 g/mol. The topological polar surface area (TPSA) is 77.5 Å². The maximum atomic E-state index is 11.5. The van der Waals surface area contributed by atoms with Crippen LogP contribution in [-0.2, 0) is 4.74 Å². The first-order chi connectivity index (χ1) is 7.19. The van der Waals surface area contributed by atoms with Crippen LogP contribution in [0, 0.1) is 0 Å². The standard InChI is InChI=1S/C9H14N2O3S/c10-7-1-2-11(8(13)5-7)9(6-15)14-4-3-12/h1-2,5,9,12,15H,3-4,6,10H2/t9-/m0/s1. The fourth-order valence-electron chi connectivity index (χ4n) is 1.15. The molecule has 1 aromatic rings. The van der Waals surface area contributed by atoms with Crippen LogP contribution in [0.4, 0.5) is 5.69 Å². The highest BCUT2D eigenvalue weighted by atomic mass is 32.1. The van der Waals surface area contributed by atoms with Crippen LogP contribution in [-0.4, -0.2) is 28.6 Å². The lowest BCUT2D eigenvalue weighted by molar-refractivity contribution is -0.00152. The summed E-state index contributed by atoms with van der Waals surface area (Å²) in [4.78, 5) is 11.5. The molecule has 0 saturated carbocycles. The zero-order chi connectivity index (χ0) is 11.3. The van der Waals surface area contributed by atoms with Crippen LogP contribution in [0.3, 0.4) is 0 Å². The number of nitrogens with two attached hydrogens (primary N) is 1. The second-order valence-corrected chi connectivity index (χ2v) is 3.30. The van der Waals surface area contributed by atoms with Crippen molar-refractivity contribution in [2.24, 2.45) is 0 Å². The number of ether oxygens (including phenoxy) is 1. The van der Waals surface area contributed by atoms with E-state index in [-0.39, 0.29) is 18.8 Å². The zero-order valence-corrected chi connectivity index (χ0v) is 9.06. The van der Waals surface area contributed by atoms with Crippen LogP contribution >= 0.6 is 12.6 Å². The molecule has 15 heavy (non-hydrogen) atoms. The molecule has 0 aromatic carbocycles. The Morgan fingerprint density at radius 1 is 1.67 bits per heavy atom. The van der Waals surface area contributed by atoms with Crippen molar-refractivity contribution < 1.29 is 9.84 Å². The molecule has 0 radical (unpaired) electrons.